The minimum atomic E-state index is -0.313. The molecule has 3 nitrogen and oxygen atoms in total. The summed E-state index contributed by atoms with van der Waals surface area (Å²) in [7, 11) is 0. The zero-order valence-electron chi connectivity index (χ0n) is 13.7. The fraction of sp³-hybridized carbons (Fsp3) is 0.0952. The molecule has 0 spiro atoms. The number of benzene rings is 3. The van der Waals surface area contributed by atoms with E-state index in [1.807, 2.05) is 42.5 Å². The van der Waals surface area contributed by atoms with Gasteiger partial charge in [0.25, 0.3) is 0 Å². The van der Waals surface area contributed by atoms with Gasteiger partial charge in [-0.2, -0.15) is 0 Å². The summed E-state index contributed by atoms with van der Waals surface area (Å²) in [6, 6.07) is 24.4. The summed E-state index contributed by atoms with van der Waals surface area (Å²) in [6.45, 7) is 0.319. The summed E-state index contributed by atoms with van der Waals surface area (Å²) in [4.78, 5) is 11.9. The number of carbonyl (C=O) groups is 1. The van der Waals surface area contributed by atoms with Gasteiger partial charge in [0, 0.05) is 17.8 Å². The molecule has 0 aliphatic carbocycles. The van der Waals surface area contributed by atoms with E-state index >= 15 is 0 Å². The zero-order chi connectivity index (χ0) is 17.5. The van der Waals surface area contributed by atoms with Crippen LogP contribution in [0.5, 0.6) is 0 Å². The van der Waals surface area contributed by atoms with Gasteiger partial charge in [0.05, 0.1) is 6.54 Å². The van der Waals surface area contributed by atoms with Gasteiger partial charge in [-0.3, -0.25) is 4.79 Å². The first-order valence-electron chi connectivity index (χ1n) is 8.12. The molecule has 3 aromatic carbocycles. The second kappa shape index (κ2) is 8.11. The summed E-state index contributed by atoms with van der Waals surface area (Å²) >= 11 is 0. The van der Waals surface area contributed by atoms with Crippen LogP contribution in [0.2, 0.25) is 0 Å². The minimum Gasteiger partial charge on any atom is -0.376 e. The Morgan fingerprint density at radius 2 is 1.44 bits per heavy atom. The maximum Gasteiger partial charge on any atom is 0.239 e. The number of hydrogen-bond donors (Lipinski definition) is 2. The lowest BCUT2D eigenvalue weighted by Crippen LogP contribution is -2.29. The molecule has 4 heteroatoms. The molecular weight excluding hydrogens is 315 g/mol. The van der Waals surface area contributed by atoms with Crippen molar-refractivity contribution in [3.63, 3.8) is 0 Å². The molecule has 0 aliphatic rings. The Morgan fingerprint density at radius 1 is 0.800 bits per heavy atom. The molecule has 0 saturated heterocycles. The van der Waals surface area contributed by atoms with Crippen LogP contribution < -0.4 is 10.6 Å². The maximum atomic E-state index is 13.5. The van der Waals surface area contributed by atoms with Crippen LogP contribution in [0, 0.1) is 5.82 Å². The van der Waals surface area contributed by atoms with Crippen molar-refractivity contribution in [2.24, 2.45) is 0 Å². The van der Waals surface area contributed by atoms with E-state index in [-0.39, 0.29) is 24.8 Å². The number of hydrogen-bond acceptors (Lipinski definition) is 2. The van der Waals surface area contributed by atoms with Gasteiger partial charge in [0.2, 0.25) is 5.91 Å². The van der Waals surface area contributed by atoms with Gasteiger partial charge in [-0.1, -0.05) is 60.7 Å². The second-order valence-corrected chi connectivity index (χ2v) is 5.67. The highest BCUT2D eigenvalue weighted by Gasteiger charge is 2.04. The van der Waals surface area contributed by atoms with Gasteiger partial charge < -0.3 is 10.6 Å². The van der Waals surface area contributed by atoms with Crippen LogP contribution in [0.25, 0.3) is 11.1 Å². The van der Waals surface area contributed by atoms with Gasteiger partial charge in [-0.15, -0.1) is 0 Å². The normalized spacial score (nSPS) is 10.3. The third-order valence-electron chi connectivity index (χ3n) is 3.88. The lowest BCUT2D eigenvalue weighted by atomic mass is 10.1. The predicted molar refractivity (Wildman–Crippen MR) is 98.6 cm³/mol. The topological polar surface area (TPSA) is 41.1 Å². The lowest BCUT2D eigenvalue weighted by molar-refractivity contribution is -0.119. The molecule has 0 fully saturated rings. The summed E-state index contributed by atoms with van der Waals surface area (Å²) in [6.07, 6.45) is 0. The van der Waals surface area contributed by atoms with E-state index in [9.17, 15) is 9.18 Å². The molecule has 1 amide bonds. The quantitative estimate of drug-likeness (QED) is 0.708. The third kappa shape index (κ3) is 4.67. The van der Waals surface area contributed by atoms with Crippen LogP contribution in [-0.4, -0.2) is 12.5 Å². The van der Waals surface area contributed by atoms with Crippen LogP contribution in [0.4, 0.5) is 10.1 Å². The van der Waals surface area contributed by atoms with Crippen molar-refractivity contribution in [3.05, 3.63) is 90.2 Å². The summed E-state index contributed by atoms with van der Waals surface area (Å²) in [5, 5.41) is 5.77. The average Bonchev–Trinajstić information content (AvgIpc) is 2.67. The summed E-state index contributed by atoms with van der Waals surface area (Å²) < 4.78 is 13.5. The molecule has 0 radical (unpaired) electrons. The molecule has 2 N–H and O–H groups in total. The van der Waals surface area contributed by atoms with Crippen molar-refractivity contribution in [1.82, 2.24) is 5.32 Å². The monoisotopic (exact) mass is 334 g/mol. The van der Waals surface area contributed by atoms with Gasteiger partial charge in [0.1, 0.15) is 5.82 Å². The van der Waals surface area contributed by atoms with Crippen LogP contribution in [0.3, 0.4) is 0 Å². The molecule has 3 rings (SSSR count). The van der Waals surface area contributed by atoms with E-state index in [2.05, 4.69) is 22.8 Å². The van der Waals surface area contributed by atoms with E-state index in [1.54, 1.807) is 18.2 Å². The molecule has 0 aromatic heterocycles. The number of rotatable bonds is 6. The third-order valence-corrected chi connectivity index (χ3v) is 3.88. The highest BCUT2D eigenvalue weighted by atomic mass is 19.1. The summed E-state index contributed by atoms with van der Waals surface area (Å²) in [5.41, 5.74) is 3.61. The van der Waals surface area contributed by atoms with E-state index in [0.717, 1.165) is 16.8 Å². The fourth-order valence-corrected chi connectivity index (χ4v) is 2.49. The molecule has 0 bridgehead atoms. The predicted octanol–water partition coefficient (Wildman–Crippen LogP) is 4.22. The lowest BCUT2D eigenvalue weighted by Gasteiger charge is -2.09. The SMILES string of the molecule is O=C(CNc1ccc(-c2ccccc2)cc1)NCc1ccccc1F. The molecule has 3 aromatic rings. The van der Waals surface area contributed by atoms with Crippen molar-refractivity contribution in [3.8, 4) is 11.1 Å². The number of halogens is 1. The Hall–Kier alpha value is -3.14. The van der Waals surface area contributed by atoms with E-state index in [1.165, 1.54) is 6.07 Å². The van der Waals surface area contributed by atoms with Gasteiger partial charge in [0.15, 0.2) is 0 Å². The first kappa shape index (κ1) is 16.7. The van der Waals surface area contributed by atoms with Crippen molar-refractivity contribution in [2.45, 2.75) is 6.54 Å². The fourth-order valence-electron chi connectivity index (χ4n) is 2.49. The second-order valence-electron chi connectivity index (χ2n) is 5.67. The largest absolute Gasteiger partial charge is 0.376 e. The highest BCUT2D eigenvalue weighted by Crippen LogP contribution is 2.20. The number of anilines is 1. The Labute approximate surface area is 146 Å². The van der Waals surface area contributed by atoms with Crippen molar-refractivity contribution in [2.75, 3.05) is 11.9 Å². The van der Waals surface area contributed by atoms with E-state index in [4.69, 9.17) is 0 Å². The van der Waals surface area contributed by atoms with Crippen LogP contribution in [-0.2, 0) is 11.3 Å². The molecule has 0 heterocycles. The Morgan fingerprint density at radius 3 is 2.16 bits per heavy atom. The maximum absolute atomic E-state index is 13.5. The standard InChI is InChI=1S/C21H19FN2O/c22-20-9-5-4-8-18(20)14-24-21(25)15-23-19-12-10-17(11-13-19)16-6-2-1-3-7-16/h1-13,23H,14-15H2,(H,24,25). The molecule has 0 unspecified atom stereocenters. The molecular formula is C21H19FN2O. The molecule has 25 heavy (non-hydrogen) atoms. The Balaban J connectivity index is 1.50. The molecule has 126 valence electrons. The first-order chi connectivity index (χ1) is 12.2. The smallest absolute Gasteiger partial charge is 0.239 e. The van der Waals surface area contributed by atoms with Crippen molar-refractivity contribution >= 4 is 11.6 Å². The number of nitrogens with one attached hydrogen (secondary N) is 2. The van der Waals surface area contributed by atoms with Crippen LogP contribution in [0.1, 0.15) is 5.56 Å². The van der Waals surface area contributed by atoms with Gasteiger partial charge >= 0.3 is 0 Å². The molecule has 0 aliphatic heterocycles. The average molecular weight is 334 g/mol. The van der Waals surface area contributed by atoms with Crippen molar-refractivity contribution in [1.29, 1.82) is 0 Å². The van der Waals surface area contributed by atoms with Gasteiger partial charge in [-0.05, 0) is 29.3 Å². The van der Waals surface area contributed by atoms with Crippen LogP contribution >= 0.6 is 0 Å². The van der Waals surface area contributed by atoms with Crippen LogP contribution in [0.15, 0.2) is 78.9 Å². The van der Waals surface area contributed by atoms with E-state index in [0.29, 0.717) is 5.56 Å². The van der Waals surface area contributed by atoms with Crippen molar-refractivity contribution < 1.29 is 9.18 Å². The van der Waals surface area contributed by atoms with Gasteiger partial charge in [-0.25, -0.2) is 4.39 Å². The minimum absolute atomic E-state index is 0.138. The zero-order valence-corrected chi connectivity index (χ0v) is 13.7. The molecule has 0 saturated carbocycles. The number of amides is 1. The Bertz CT molecular complexity index is 832. The summed E-state index contributed by atoms with van der Waals surface area (Å²) in [5.74, 6) is -0.498. The Kier molecular flexibility index (Phi) is 5.42. The highest BCUT2D eigenvalue weighted by molar-refractivity contribution is 5.80. The molecule has 0 atom stereocenters. The van der Waals surface area contributed by atoms with E-state index < -0.39 is 0 Å². The number of carbonyl (C=O) groups excluding carboxylic acids is 1. The first-order valence-corrected chi connectivity index (χ1v) is 8.12.